The molecule has 166 valence electrons. The number of hydrogen-bond donors (Lipinski definition) is 1. The predicted molar refractivity (Wildman–Crippen MR) is 118 cm³/mol. The number of nitrogens with one attached hydrogen (secondary N) is 1. The molecule has 0 aromatic carbocycles. The summed E-state index contributed by atoms with van der Waals surface area (Å²) < 4.78 is 28.6. The Morgan fingerprint density at radius 2 is 2.09 bits per heavy atom. The Morgan fingerprint density at radius 3 is 2.72 bits per heavy atom. The molecule has 2 aromatic rings. The Bertz CT molecular complexity index is 1140. The van der Waals surface area contributed by atoms with E-state index in [4.69, 9.17) is 0 Å². The lowest BCUT2D eigenvalue weighted by Gasteiger charge is -2.30. The number of carbonyl (C=O) groups excluding carboxylic acids is 1. The molecule has 0 radical (unpaired) electrons. The second-order valence-electron chi connectivity index (χ2n) is 9.07. The van der Waals surface area contributed by atoms with Gasteiger partial charge in [0.2, 0.25) is 11.7 Å². The topological polar surface area (TPSA) is 83.4 Å². The van der Waals surface area contributed by atoms with Gasteiger partial charge >= 0.3 is 5.92 Å². The Morgan fingerprint density at radius 1 is 1.34 bits per heavy atom. The van der Waals surface area contributed by atoms with E-state index in [0.29, 0.717) is 23.9 Å². The molecule has 9 heteroatoms. The number of carbonyl (C=O) groups is 1. The fourth-order valence-corrected chi connectivity index (χ4v) is 4.59. The van der Waals surface area contributed by atoms with Crippen molar-refractivity contribution in [3.63, 3.8) is 0 Å². The number of amides is 1. The zero-order valence-electron chi connectivity index (χ0n) is 18.0. The SMILES string of the molecule is C=NC=C1CC(c2cc(N3CC4(CC4)c4cnc(NC(C)=O)cc43)nc(C(C)(F)F)n2)C1. The highest BCUT2D eigenvalue weighted by Crippen LogP contribution is 2.58. The molecule has 1 amide bonds. The molecular formula is C23H24F2N6O. The zero-order chi connectivity index (χ0) is 22.7. The van der Waals surface area contributed by atoms with Crippen LogP contribution in [0.15, 0.2) is 35.1 Å². The Labute approximate surface area is 184 Å². The van der Waals surface area contributed by atoms with Crippen LogP contribution < -0.4 is 10.2 Å². The number of fused-ring (bicyclic) bond motifs is 2. The van der Waals surface area contributed by atoms with Gasteiger partial charge in [-0.05, 0) is 32.4 Å². The van der Waals surface area contributed by atoms with Crippen molar-refractivity contribution in [3.05, 3.63) is 47.2 Å². The molecule has 2 aromatic heterocycles. The lowest BCUT2D eigenvalue weighted by Crippen LogP contribution is -2.24. The molecule has 0 atom stereocenters. The zero-order valence-corrected chi connectivity index (χ0v) is 18.0. The van der Waals surface area contributed by atoms with E-state index in [1.165, 1.54) is 6.92 Å². The maximum absolute atomic E-state index is 14.3. The molecule has 5 rings (SSSR count). The summed E-state index contributed by atoms with van der Waals surface area (Å²) in [5, 5.41) is 2.70. The fourth-order valence-electron chi connectivity index (χ4n) is 4.59. The van der Waals surface area contributed by atoms with E-state index in [9.17, 15) is 13.6 Å². The van der Waals surface area contributed by atoms with Gasteiger partial charge in [-0.25, -0.2) is 15.0 Å². The lowest BCUT2D eigenvalue weighted by molar-refractivity contribution is -0.114. The highest BCUT2D eigenvalue weighted by Gasteiger charge is 2.53. The second-order valence-corrected chi connectivity index (χ2v) is 9.07. The van der Waals surface area contributed by atoms with Crippen molar-refractivity contribution in [1.82, 2.24) is 15.0 Å². The van der Waals surface area contributed by atoms with Crippen LogP contribution in [0.25, 0.3) is 0 Å². The van der Waals surface area contributed by atoms with Crippen molar-refractivity contribution in [2.24, 2.45) is 4.99 Å². The molecule has 0 unspecified atom stereocenters. The molecule has 32 heavy (non-hydrogen) atoms. The maximum atomic E-state index is 14.3. The lowest BCUT2D eigenvalue weighted by atomic mass is 9.78. The minimum absolute atomic E-state index is 0.0287. The number of allylic oxidation sites excluding steroid dienone is 1. The summed E-state index contributed by atoms with van der Waals surface area (Å²) in [6.07, 6.45) is 6.98. The van der Waals surface area contributed by atoms with Crippen molar-refractivity contribution < 1.29 is 13.6 Å². The van der Waals surface area contributed by atoms with Crippen LogP contribution in [0.2, 0.25) is 0 Å². The average molecular weight is 438 g/mol. The predicted octanol–water partition coefficient (Wildman–Crippen LogP) is 4.59. The number of aromatic nitrogens is 3. The Hall–Kier alpha value is -3.23. The van der Waals surface area contributed by atoms with Crippen LogP contribution in [0, 0.1) is 0 Å². The molecule has 1 spiro atoms. The smallest absolute Gasteiger partial charge is 0.303 e. The van der Waals surface area contributed by atoms with Gasteiger partial charge in [0.1, 0.15) is 11.6 Å². The quantitative estimate of drug-likeness (QED) is 0.691. The fraction of sp³-hybridized carbons (Fsp3) is 0.435. The number of halogens is 2. The van der Waals surface area contributed by atoms with E-state index in [0.717, 1.165) is 49.4 Å². The molecule has 3 heterocycles. The molecule has 0 saturated heterocycles. The molecule has 2 fully saturated rings. The molecule has 7 nitrogen and oxygen atoms in total. The van der Waals surface area contributed by atoms with Gasteiger partial charge in [0.25, 0.3) is 0 Å². The third-order valence-electron chi connectivity index (χ3n) is 6.47. The molecular weight excluding hydrogens is 414 g/mol. The molecule has 0 bridgehead atoms. The van der Waals surface area contributed by atoms with Crippen LogP contribution in [0.4, 0.5) is 26.1 Å². The van der Waals surface area contributed by atoms with Gasteiger partial charge in [0.15, 0.2) is 0 Å². The van der Waals surface area contributed by atoms with E-state index >= 15 is 0 Å². The summed E-state index contributed by atoms with van der Waals surface area (Å²) in [6.45, 7) is 6.36. The van der Waals surface area contributed by atoms with Crippen molar-refractivity contribution >= 4 is 29.9 Å². The van der Waals surface area contributed by atoms with Gasteiger partial charge in [-0.1, -0.05) is 5.57 Å². The highest BCUT2D eigenvalue weighted by molar-refractivity contribution is 5.89. The van der Waals surface area contributed by atoms with E-state index < -0.39 is 11.7 Å². The number of nitrogens with zero attached hydrogens (tertiary/aromatic N) is 5. The van der Waals surface area contributed by atoms with Gasteiger partial charge in [-0.2, -0.15) is 8.78 Å². The summed E-state index contributed by atoms with van der Waals surface area (Å²) in [5.74, 6) is -2.91. The van der Waals surface area contributed by atoms with E-state index in [2.05, 4.69) is 32.0 Å². The van der Waals surface area contributed by atoms with Gasteiger partial charge < -0.3 is 10.2 Å². The van der Waals surface area contributed by atoms with E-state index in [1.54, 1.807) is 18.5 Å². The monoisotopic (exact) mass is 438 g/mol. The van der Waals surface area contributed by atoms with Crippen molar-refractivity contribution in [3.8, 4) is 0 Å². The molecule has 2 aliphatic carbocycles. The van der Waals surface area contributed by atoms with E-state index in [1.807, 2.05) is 11.0 Å². The van der Waals surface area contributed by atoms with Gasteiger partial charge in [-0.15, -0.1) is 0 Å². The van der Waals surface area contributed by atoms with Crippen LogP contribution in [0.3, 0.4) is 0 Å². The van der Waals surface area contributed by atoms with Crippen LogP contribution in [-0.2, 0) is 16.1 Å². The standard InChI is InChI=1S/C23H24F2N6O/c1-13(32)28-19-9-18-16(11-27-19)23(4-5-23)12-31(18)20-8-17(15-6-14(7-15)10-26-3)29-21(30-20)22(2,24)25/h8-11,15H,3-7,12H2,1-2H3,(H,27,28,32). The normalized spacial score (nSPS) is 20.6. The molecule has 1 aliphatic heterocycles. The van der Waals surface area contributed by atoms with Gasteiger partial charge in [0.05, 0.1) is 11.4 Å². The van der Waals surface area contributed by atoms with Gasteiger partial charge in [0, 0.05) is 61.8 Å². The van der Waals surface area contributed by atoms with Crippen molar-refractivity contribution in [2.75, 3.05) is 16.8 Å². The first-order chi connectivity index (χ1) is 15.2. The number of rotatable bonds is 5. The number of anilines is 3. The van der Waals surface area contributed by atoms with Crippen LogP contribution >= 0.6 is 0 Å². The summed E-state index contributed by atoms with van der Waals surface area (Å²) in [4.78, 5) is 30.1. The first-order valence-corrected chi connectivity index (χ1v) is 10.7. The van der Waals surface area contributed by atoms with Crippen molar-refractivity contribution in [1.29, 1.82) is 0 Å². The number of hydrogen-bond acceptors (Lipinski definition) is 6. The first-order valence-electron chi connectivity index (χ1n) is 10.7. The van der Waals surface area contributed by atoms with Crippen LogP contribution in [0.5, 0.6) is 0 Å². The van der Waals surface area contributed by atoms with Crippen molar-refractivity contribution in [2.45, 2.75) is 56.8 Å². The van der Waals surface area contributed by atoms with Crippen LogP contribution in [-0.4, -0.2) is 34.1 Å². The Balaban J connectivity index is 1.56. The Kier molecular flexibility index (Phi) is 4.61. The summed E-state index contributed by atoms with van der Waals surface area (Å²) in [7, 11) is 0. The van der Waals surface area contributed by atoms with Gasteiger partial charge in [-0.3, -0.25) is 9.79 Å². The number of alkyl halides is 2. The highest BCUT2D eigenvalue weighted by atomic mass is 19.3. The first kappa shape index (κ1) is 20.7. The average Bonchev–Trinajstić information content (AvgIpc) is 3.40. The second kappa shape index (κ2) is 7.15. The molecule has 2 saturated carbocycles. The van der Waals surface area contributed by atoms with E-state index in [-0.39, 0.29) is 17.2 Å². The summed E-state index contributed by atoms with van der Waals surface area (Å²) in [5.41, 5.74) is 3.63. The number of pyridine rings is 1. The van der Waals surface area contributed by atoms with Crippen LogP contribution in [0.1, 0.15) is 62.5 Å². The summed E-state index contributed by atoms with van der Waals surface area (Å²) >= 11 is 0. The maximum Gasteiger partial charge on any atom is 0.303 e. The third-order valence-corrected chi connectivity index (χ3v) is 6.47. The molecule has 3 aliphatic rings. The number of aliphatic imine (C=N–C) groups is 1. The molecule has 1 N–H and O–H groups in total. The minimum atomic E-state index is -3.16. The summed E-state index contributed by atoms with van der Waals surface area (Å²) in [6, 6.07) is 3.62. The largest absolute Gasteiger partial charge is 0.325 e. The third kappa shape index (κ3) is 3.55. The minimum Gasteiger partial charge on any atom is -0.325 e.